The van der Waals surface area contributed by atoms with Crippen LogP contribution in [0.5, 0.6) is 5.75 Å². The monoisotopic (exact) mass is 511 g/mol. The third-order valence-electron chi connectivity index (χ3n) is 7.03. The number of imidazole rings is 1. The average molecular weight is 512 g/mol. The van der Waals surface area contributed by atoms with E-state index in [-0.39, 0.29) is 11.4 Å². The van der Waals surface area contributed by atoms with Crippen molar-refractivity contribution in [2.45, 2.75) is 19.8 Å². The van der Waals surface area contributed by atoms with E-state index in [9.17, 15) is 9.90 Å². The molecule has 3 aromatic carbocycles. The van der Waals surface area contributed by atoms with Crippen molar-refractivity contribution in [1.29, 1.82) is 0 Å². The van der Waals surface area contributed by atoms with Crippen LogP contribution >= 0.6 is 11.6 Å². The van der Waals surface area contributed by atoms with E-state index in [2.05, 4.69) is 20.9 Å². The fourth-order valence-corrected chi connectivity index (χ4v) is 5.42. The van der Waals surface area contributed by atoms with Crippen molar-refractivity contribution in [3.05, 3.63) is 88.3 Å². The Kier molecular flexibility index (Phi) is 5.72. The van der Waals surface area contributed by atoms with Crippen LogP contribution in [0, 0.1) is 6.92 Å². The van der Waals surface area contributed by atoms with Gasteiger partial charge in [-0.1, -0.05) is 17.7 Å². The molecule has 1 aliphatic heterocycles. The van der Waals surface area contributed by atoms with Gasteiger partial charge in [0.05, 0.1) is 21.9 Å². The molecule has 0 spiro atoms. The lowest BCUT2D eigenvalue weighted by Crippen LogP contribution is -2.20. The topological polar surface area (TPSA) is 76.2 Å². The van der Waals surface area contributed by atoms with Crippen molar-refractivity contribution in [2.24, 2.45) is 7.05 Å². The molecule has 0 unspecified atom stereocenters. The number of halogens is 1. The van der Waals surface area contributed by atoms with E-state index in [0.717, 1.165) is 64.9 Å². The van der Waals surface area contributed by atoms with Crippen LogP contribution in [0.2, 0.25) is 5.02 Å². The SMILES string of the molecule is Cc1cc(-c2ccc(-n3ccn(C)c3=O)c(Cl)c2)c(O)c(-c2cc(N3CCCC3)c3nccnc3c2)c1. The highest BCUT2D eigenvalue weighted by atomic mass is 35.5. The highest BCUT2D eigenvalue weighted by molar-refractivity contribution is 6.32. The van der Waals surface area contributed by atoms with E-state index in [1.807, 2.05) is 31.2 Å². The second-order valence-corrected chi connectivity index (χ2v) is 9.96. The molecule has 37 heavy (non-hydrogen) atoms. The third kappa shape index (κ3) is 4.05. The molecule has 2 aromatic heterocycles. The van der Waals surface area contributed by atoms with Gasteiger partial charge in [-0.3, -0.25) is 14.5 Å². The molecule has 6 rings (SSSR count). The minimum Gasteiger partial charge on any atom is -0.507 e. The highest BCUT2D eigenvalue weighted by Crippen LogP contribution is 2.42. The van der Waals surface area contributed by atoms with Crippen molar-refractivity contribution in [2.75, 3.05) is 18.0 Å². The Morgan fingerprint density at radius 2 is 1.62 bits per heavy atom. The van der Waals surface area contributed by atoms with E-state index in [0.29, 0.717) is 16.3 Å². The van der Waals surface area contributed by atoms with Crippen molar-refractivity contribution in [1.82, 2.24) is 19.1 Å². The summed E-state index contributed by atoms with van der Waals surface area (Å²) in [5.74, 6) is 0.168. The van der Waals surface area contributed by atoms with E-state index < -0.39 is 0 Å². The smallest absolute Gasteiger partial charge is 0.332 e. The number of hydrogen-bond acceptors (Lipinski definition) is 5. The van der Waals surface area contributed by atoms with Gasteiger partial charge in [0.2, 0.25) is 0 Å². The molecule has 0 amide bonds. The van der Waals surface area contributed by atoms with Gasteiger partial charge in [-0.25, -0.2) is 4.79 Å². The molecular formula is C29H26ClN5O2. The first-order chi connectivity index (χ1) is 17.9. The lowest BCUT2D eigenvalue weighted by atomic mass is 9.94. The zero-order chi connectivity index (χ0) is 25.7. The van der Waals surface area contributed by atoms with Gasteiger partial charge < -0.3 is 14.6 Å². The van der Waals surface area contributed by atoms with E-state index in [1.54, 1.807) is 44.0 Å². The zero-order valence-electron chi connectivity index (χ0n) is 20.6. The molecule has 3 heterocycles. The molecule has 1 aliphatic rings. The second-order valence-electron chi connectivity index (χ2n) is 9.55. The summed E-state index contributed by atoms with van der Waals surface area (Å²) < 4.78 is 3.00. The first-order valence-corrected chi connectivity index (χ1v) is 12.7. The molecule has 0 saturated carbocycles. The van der Waals surface area contributed by atoms with Crippen LogP contribution in [0.15, 0.2) is 72.0 Å². The third-order valence-corrected chi connectivity index (χ3v) is 7.33. The van der Waals surface area contributed by atoms with Crippen molar-refractivity contribution in [3.63, 3.8) is 0 Å². The molecule has 7 nitrogen and oxygen atoms in total. The first-order valence-electron chi connectivity index (χ1n) is 12.3. The lowest BCUT2D eigenvalue weighted by molar-refractivity contribution is 0.479. The van der Waals surface area contributed by atoms with Crippen LogP contribution in [-0.4, -0.2) is 37.3 Å². The summed E-state index contributed by atoms with van der Waals surface area (Å²) in [5.41, 5.74) is 7.18. The fourth-order valence-electron chi connectivity index (χ4n) is 5.15. The number of phenolic OH excluding ortho intramolecular Hbond substituents is 1. The largest absolute Gasteiger partial charge is 0.507 e. The highest BCUT2D eigenvalue weighted by Gasteiger charge is 2.20. The molecule has 0 radical (unpaired) electrons. The Morgan fingerprint density at radius 3 is 2.32 bits per heavy atom. The number of anilines is 1. The molecular weight excluding hydrogens is 486 g/mol. The Hall–Kier alpha value is -4.10. The number of nitrogens with zero attached hydrogens (tertiary/aromatic N) is 5. The molecule has 1 saturated heterocycles. The van der Waals surface area contributed by atoms with Gasteiger partial charge >= 0.3 is 5.69 Å². The van der Waals surface area contributed by atoms with Crippen LogP contribution in [0.25, 0.3) is 39.0 Å². The summed E-state index contributed by atoms with van der Waals surface area (Å²) in [6.45, 7) is 3.97. The Morgan fingerprint density at radius 1 is 0.892 bits per heavy atom. The molecule has 1 N–H and O–H groups in total. The Bertz CT molecular complexity index is 1720. The summed E-state index contributed by atoms with van der Waals surface area (Å²) in [6.07, 6.45) is 9.10. The quantitative estimate of drug-likeness (QED) is 0.334. The van der Waals surface area contributed by atoms with Gasteiger partial charge in [-0.15, -0.1) is 0 Å². The number of aromatic hydroxyl groups is 1. The summed E-state index contributed by atoms with van der Waals surface area (Å²) in [5, 5.41) is 11.9. The summed E-state index contributed by atoms with van der Waals surface area (Å²) in [7, 11) is 1.70. The van der Waals surface area contributed by atoms with Crippen molar-refractivity contribution in [3.8, 4) is 33.7 Å². The molecule has 0 aliphatic carbocycles. The van der Waals surface area contributed by atoms with E-state index in [1.165, 1.54) is 9.13 Å². The van der Waals surface area contributed by atoms with Gasteiger partial charge in [0.15, 0.2) is 0 Å². The normalized spacial score (nSPS) is 13.5. The van der Waals surface area contributed by atoms with Crippen LogP contribution in [0.4, 0.5) is 5.69 Å². The minimum absolute atomic E-state index is 0.168. The van der Waals surface area contributed by atoms with Crippen LogP contribution in [-0.2, 0) is 7.05 Å². The van der Waals surface area contributed by atoms with Gasteiger partial charge in [0.1, 0.15) is 11.3 Å². The van der Waals surface area contributed by atoms with Crippen molar-refractivity contribution < 1.29 is 5.11 Å². The van der Waals surface area contributed by atoms with Crippen LogP contribution in [0.1, 0.15) is 18.4 Å². The lowest BCUT2D eigenvalue weighted by Gasteiger charge is -2.21. The standard InChI is InChI=1S/C29H26ClN5O2/c1-18-13-21(19-5-6-25(23(30)15-19)35-12-11-33(2)29(35)37)28(36)22(14-18)20-16-24-27(32-8-7-31-24)26(17-20)34-9-3-4-10-34/h5-8,11-17,36H,3-4,9-10H2,1-2H3. The Labute approximate surface area is 219 Å². The molecule has 1 fully saturated rings. The summed E-state index contributed by atoms with van der Waals surface area (Å²) in [6, 6.07) is 13.5. The van der Waals surface area contributed by atoms with Gasteiger partial charge in [-0.2, -0.15) is 0 Å². The number of benzene rings is 3. The van der Waals surface area contributed by atoms with Gasteiger partial charge in [-0.05, 0) is 72.9 Å². The predicted octanol–water partition coefficient (Wildman–Crippen LogP) is 5.72. The second kappa shape index (κ2) is 9.09. The number of rotatable bonds is 4. The molecule has 5 aromatic rings. The maximum absolute atomic E-state index is 12.4. The minimum atomic E-state index is -0.177. The average Bonchev–Trinajstić information content (AvgIpc) is 3.55. The number of phenols is 1. The van der Waals surface area contributed by atoms with E-state index in [4.69, 9.17) is 11.6 Å². The molecule has 0 atom stereocenters. The van der Waals surface area contributed by atoms with Crippen LogP contribution < -0.4 is 10.6 Å². The van der Waals surface area contributed by atoms with Crippen molar-refractivity contribution >= 4 is 28.3 Å². The first kappa shape index (κ1) is 23.3. The maximum Gasteiger partial charge on any atom is 0.332 e. The fraction of sp³-hybridized carbons (Fsp3) is 0.207. The zero-order valence-corrected chi connectivity index (χ0v) is 21.4. The van der Waals surface area contributed by atoms with Gasteiger partial charge in [0, 0.05) is 56.1 Å². The molecule has 8 heteroatoms. The molecule has 186 valence electrons. The maximum atomic E-state index is 12.4. The molecule has 0 bridgehead atoms. The predicted molar refractivity (Wildman–Crippen MR) is 148 cm³/mol. The number of aromatic nitrogens is 4. The Balaban J connectivity index is 1.48. The summed E-state index contributed by atoms with van der Waals surface area (Å²) >= 11 is 6.63. The van der Waals surface area contributed by atoms with Crippen LogP contribution in [0.3, 0.4) is 0 Å². The summed E-state index contributed by atoms with van der Waals surface area (Å²) in [4.78, 5) is 23.9. The van der Waals surface area contributed by atoms with E-state index >= 15 is 0 Å². The number of aryl methyl sites for hydroxylation is 2. The number of hydrogen-bond donors (Lipinski definition) is 1. The van der Waals surface area contributed by atoms with Gasteiger partial charge in [0.25, 0.3) is 0 Å². The number of fused-ring (bicyclic) bond motifs is 1.